The van der Waals surface area contributed by atoms with Crippen LogP contribution in [-0.2, 0) is 4.79 Å². The van der Waals surface area contributed by atoms with Gasteiger partial charge in [-0.1, -0.05) is 18.9 Å². The maximum atomic E-state index is 13.1. The molecule has 196 valence electrons. The third-order valence-corrected chi connectivity index (χ3v) is 6.33. The molecule has 0 radical (unpaired) electrons. The molecule has 1 amide bonds. The standard InChI is InChI=1S/C27H33N5O5/c33-19-12-15-32(16-13-19)25-18-20(37-17-4-2-1-3-8-26(34)35)9-10-23(25)30-27(36)24-7-5-6-21(29-24)22-11-14-28-31-22/h5-7,9-11,14,18-19,33H,1-4,8,12-13,15-17H2,(H,28,31)(H,30,36)(H,34,35). The smallest absolute Gasteiger partial charge is 0.303 e. The number of carboxylic acids is 1. The summed E-state index contributed by atoms with van der Waals surface area (Å²) < 4.78 is 5.96. The number of benzene rings is 1. The average Bonchev–Trinajstić information content (AvgIpc) is 3.44. The van der Waals surface area contributed by atoms with Gasteiger partial charge in [-0.25, -0.2) is 4.98 Å². The van der Waals surface area contributed by atoms with Crippen molar-refractivity contribution >= 4 is 23.3 Å². The Bertz CT molecular complexity index is 1180. The number of carbonyl (C=O) groups excluding carboxylic acids is 1. The van der Waals surface area contributed by atoms with Crippen molar-refractivity contribution in [2.24, 2.45) is 0 Å². The van der Waals surface area contributed by atoms with Crippen LogP contribution in [0.15, 0.2) is 48.7 Å². The number of hydrogen-bond donors (Lipinski definition) is 4. The van der Waals surface area contributed by atoms with Gasteiger partial charge < -0.3 is 25.2 Å². The lowest BCUT2D eigenvalue weighted by molar-refractivity contribution is -0.137. The van der Waals surface area contributed by atoms with Crippen molar-refractivity contribution in [3.05, 3.63) is 54.4 Å². The summed E-state index contributed by atoms with van der Waals surface area (Å²) in [5, 5.41) is 28.5. The zero-order chi connectivity index (χ0) is 26.0. The van der Waals surface area contributed by atoms with Gasteiger partial charge in [-0.05, 0) is 56.0 Å². The Labute approximate surface area is 215 Å². The molecule has 2 aromatic heterocycles. The van der Waals surface area contributed by atoms with Crippen molar-refractivity contribution in [3.8, 4) is 17.1 Å². The fourth-order valence-electron chi connectivity index (χ4n) is 4.29. The number of aliphatic hydroxyl groups excluding tert-OH is 1. The first-order chi connectivity index (χ1) is 18.0. The van der Waals surface area contributed by atoms with Crippen LogP contribution in [0.2, 0.25) is 0 Å². The van der Waals surface area contributed by atoms with E-state index >= 15 is 0 Å². The predicted molar refractivity (Wildman–Crippen MR) is 140 cm³/mol. The number of aliphatic hydroxyl groups is 1. The van der Waals surface area contributed by atoms with E-state index in [0.717, 1.165) is 30.6 Å². The Balaban J connectivity index is 1.43. The molecular formula is C27H33N5O5. The number of anilines is 2. The second-order valence-corrected chi connectivity index (χ2v) is 9.14. The molecule has 3 aromatic rings. The third kappa shape index (κ3) is 7.53. The number of unbranched alkanes of at least 4 members (excludes halogenated alkanes) is 3. The Hall–Kier alpha value is -3.92. The molecular weight excluding hydrogens is 474 g/mol. The number of pyridine rings is 1. The zero-order valence-electron chi connectivity index (χ0n) is 20.7. The van der Waals surface area contributed by atoms with Crippen molar-refractivity contribution in [2.45, 2.75) is 51.0 Å². The highest BCUT2D eigenvalue weighted by Gasteiger charge is 2.21. The Morgan fingerprint density at radius 2 is 1.89 bits per heavy atom. The van der Waals surface area contributed by atoms with Crippen LogP contribution in [0.5, 0.6) is 5.75 Å². The fraction of sp³-hybridized carbons (Fsp3) is 0.407. The second-order valence-electron chi connectivity index (χ2n) is 9.14. The number of carbonyl (C=O) groups is 2. The van der Waals surface area contributed by atoms with E-state index in [-0.39, 0.29) is 24.1 Å². The topological polar surface area (TPSA) is 141 Å². The summed E-state index contributed by atoms with van der Waals surface area (Å²) in [6, 6.07) is 12.6. The van der Waals surface area contributed by atoms with Gasteiger partial charge in [0.05, 0.1) is 35.5 Å². The monoisotopic (exact) mass is 507 g/mol. The molecule has 10 heteroatoms. The van der Waals surface area contributed by atoms with Gasteiger partial charge in [0.25, 0.3) is 5.91 Å². The van der Waals surface area contributed by atoms with Crippen molar-refractivity contribution in [3.63, 3.8) is 0 Å². The lowest BCUT2D eigenvalue weighted by atomic mass is 10.1. The highest BCUT2D eigenvalue weighted by atomic mass is 16.5. The molecule has 1 aliphatic heterocycles. The van der Waals surface area contributed by atoms with E-state index in [4.69, 9.17) is 9.84 Å². The molecule has 1 saturated heterocycles. The summed E-state index contributed by atoms with van der Waals surface area (Å²) in [7, 11) is 0. The van der Waals surface area contributed by atoms with Crippen molar-refractivity contribution in [1.29, 1.82) is 0 Å². The number of aromatic nitrogens is 3. The van der Waals surface area contributed by atoms with Gasteiger partial charge in [0.1, 0.15) is 11.4 Å². The van der Waals surface area contributed by atoms with E-state index in [1.54, 1.807) is 24.4 Å². The van der Waals surface area contributed by atoms with E-state index in [0.29, 0.717) is 56.1 Å². The molecule has 0 atom stereocenters. The molecule has 4 rings (SSSR count). The lowest BCUT2D eigenvalue weighted by Crippen LogP contribution is -2.36. The fourth-order valence-corrected chi connectivity index (χ4v) is 4.29. The summed E-state index contributed by atoms with van der Waals surface area (Å²) in [5.74, 6) is -0.388. The van der Waals surface area contributed by atoms with E-state index in [1.165, 1.54) is 0 Å². The van der Waals surface area contributed by atoms with E-state index in [1.807, 2.05) is 24.3 Å². The van der Waals surface area contributed by atoms with Crippen LogP contribution in [0.3, 0.4) is 0 Å². The number of amides is 1. The van der Waals surface area contributed by atoms with Gasteiger partial charge in [-0.15, -0.1) is 0 Å². The minimum atomic E-state index is -0.762. The molecule has 0 spiro atoms. The molecule has 0 unspecified atom stereocenters. The highest BCUT2D eigenvalue weighted by Crippen LogP contribution is 2.33. The van der Waals surface area contributed by atoms with Gasteiger partial charge in [0, 0.05) is 31.8 Å². The molecule has 37 heavy (non-hydrogen) atoms. The van der Waals surface area contributed by atoms with E-state index in [9.17, 15) is 14.7 Å². The number of nitrogens with one attached hydrogen (secondary N) is 2. The molecule has 1 aliphatic rings. The van der Waals surface area contributed by atoms with Gasteiger partial charge in [-0.2, -0.15) is 5.10 Å². The first-order valence-electron chi connectivity index (χ1n) is 12.7. The number of rotatable bonds is 12. The third-order valence-electron chi connectivity index (χ3n) is 6.33. The Morgan fingerprint density at radius 1 is 1.08 bits per heavy atom. The Kier molecular flexibility index (Phi) is 9.09. The average molecular weight is 508 g/mol. The van der Waals surface area contributed by atoms with Crippen LogP contribution < -0.4 is 15.0 Å². The lowest BCUT2D eigenvalue weighted by Gasteiger charge is -2.33. The van der Waals surface area contributed by atoms with E-state index < -0.39 is 5.97 Å². The molecule has 0 aliphatic carbocycles. The maximum Gasteiger partial charge on any atom is 0.303 e. The summed E-state index contributed by atoms with van der Waals surface area (Å²) in [4.78, 5) is 30.4. The van der Waals surface area contributed by atoms with Crippen molar-refractivity contribution < 1.29 is 24.5 Å². The number of hydrogen-bond acceptors (Lipinski definition) is 7. The minimum Gasteiger partial charge on any atom is -0.494 e. The van der Waals surface area contributed by atoms with Crippen LogP contribution in [-0.4, -0.2) is 63.1 Å². The number of piperidine rings is 1. The van der Waals surface area contributed by atoms with Crippen LogP contribution in [0.4, 0.5) is 11.4 Å². The van der Waals surface area contributed by atoms with Crippen molar-refractivity contribution in [2.75, 3.05) is 29.9 Å². The molecule has 10 nitrogen and oxygen atoms in total. The van der Waals surface area contributed by atoms with Crippen LogP contribution in [0.25, 0.3) is 11.4 Å². The predicted octanol–water partition coefficient (Wildman–Crippen LogP) is 4.10. The molecule has 0 bridgehead atoms. The van der Waals surface area contributed by atoms with Gasteiger partial charge in [0.2, 0.25) is 0 Å². The zero-order valence-corrected chi connectivity index (χ0v) is 20.7. The number of carboxylic acid groups (broad SMARTS) is 1. The SMILES string of the molecule is O=C(O)CCCCCCOc1ccc(NC(=O)c2cccc(-c3ccn[nH]3)n2)c(N2CCC(O)CC2)c1. The summed E-state index contributed by atoms with van der Waals surface area (Å²) in [5.41, 5.74) is 3.13. The summed E-state index contributed by atoms with van der Waals surface area (Å²) in [6.07, 6.45) is 6.10. The van der Waals surface area contributed by atoms with Crippen LogP contribution >= 0.6 is 0 Å². The number of H-pyrrole nitrogens is 1. The minimum absolute atomic E-state index is 0.199. The summed E-state index contributed by atoms with van der Waals surface area (Å²) in [6.45, 7) is 1.87. The van der Waals surface area contributed by atoms with Gasteiger partial charge >= 0.3 is 5.97 Å². The normalized spacial score (nSPS) is 13.9. The first-order valence-corrected chi connectivity index (χ1v) is 12.7. The first kappa shape index (κ1) is 26.2. The van der Waals surface area contributed by atoms with E-state index in [2.05, 4.69) is 25.4 Å². The second kappa shape index (κ2) is 12.9. The molecule has 4 N–H and O–H groups in total. The number of nitrogens with zero attached hydrogens (tertiary/aromatic N) is 3. The Morgan fingerprint density at radius 3 is 2.65 bits per heavy atom. The van der Waals surface area contributed by atoms with Crippen LogP contribution in [0, 0.1) is 0 Å². The van der Waals surface area contributed by atoms with Crippen LogP contribution in [0.1, 0.15) is 55.4 Å². The maximum absolute atomic E-state index is 13.1. The summed E-state index contributed by atoms with van der Waals surface area (Å²) >= 11 is 0. The largest absolute Gasteiger partial charge is 0.494 e. The number of ether oxygens (including phenoxy) is 1. The molecule has 0 saturated carbocycles. The molecule has 1 fully saturated rings. The number of aliphatic carboxylic acids is 1. The molecule has 3 heterocycles. The van der Waals surface area contributed by atoms with Gasteiger partial charge in [0.15, 0.2) is 0 Å². The quantitative estimate of drug-likeness (QED) is 0.269. The van der Waals surface area contributed by atoms with Crippen molar-refractivity contribution in [1.82, 2.24) is 15.2 Å². The molecule has 1 aromatic carbocycles. The van der Waals surface area contributed by atoms with Gasteiger partial charge in [-0.3, -0.25) is 14.7 Å². The number of aromatic amines is 1. The highest BCUT2D eigenvalue weighted by molar-refractivity contribution is 6.05.